The molecule has 0 fully saturated rings. The summed E-state index contributed by atoms with van der Waals surface area (Å²) in [6.45, 7) is 7.94. The summed E-state index contributed by atoms with van der Waals surface area (Å²) in [5.74, 6) is -0.434. The van der Waals surface area contributed by atoms with Crippen molar-refractivity contribution in [2.45, 2.75) is 32.6 Å². The highest BCUT2D eigenvalue weighted by Crippen LogP contribution is 2.28. The SMILES string of the molecule is CCN(CC)S(=O)(=O)c1cc(C)c(C)c(NC(=O)c2ccc(Cl)cc2Cl)c1. The van der Waals surface area contributed by atoms with Gasteiger partial charge in [-0.25, -0.2) is 8.42 Å². The smallest absolute Gasteiger partial charge is 0.257 e. The number of hydrogen-bond acceptors (Lipinski definition) is 3. The quantitative estimate of drug-likeness (QED) is 0.711. The molecule has 0 saturated heterocycles. The fourth-order valence-corrected chi connectivity index (χ4v) is 4.75. The normalized spacial score (nSPS) is 11.7. The van der Waals surface area contributed by atoms with Gasteiger partial charge in [0.25, 0.3) is 5.91 Å². The molecule has 2 aromatic rings. The molecule has 0 aliphatic heterocycles. The van der Waals surface area contributed by atoms with Gasteiger partial charge in [0.2, 0.25) is 10.0 Å². The summed E-state index contributed by atoms with van der Waals surface area (Å²) >= 11 is 12.0. The zero-order valence-corrected chi connectivity index (χ0v) is 18.0. The van der Waals surface area contributed by atoms with Crippen molar-refractivity contribution in [2.24, 2.45) is 0 Å². The van der Waals surface area contributed by atoms with Gasteiger partial charge in [-0.05, 0) is 55.3 Å². The number of sulfonamides is 1. The van der Waals surface area contributed by atoms with Crippen molar-refractivity contribution in [1.29, 1.82) is 0 Å². The molecule has 1 amide bonds. The van der Waals surface area contributed by atoms with Crippen molar-refractivity contribution in [1.82, 2.24) is 4.31 Å². The van der Waals surface area contributed by atoms with Gasteiger partial charge in [-0.15, -0.1) is 0 Å². The second kappa shape index (κ2) is 8.61. The van der Waals surface area contributed by atoms with Crippen LogP contribution in [0.1, 0.15) is 35.3 Å². The van der Waals surface area contributed by atoms with Gasteiger partial charge >= 0.3 is 0 Å². The molecular formula is C19H22Cl2N2O3S. The number of carbonyl (C=O) groups excluding carboxylic acids is 1. The van der Waals surface area contributed by atoms with E-state index < -0.39 is 15.9 Å². The molecular weight excluding hydrogens is 407 g/mol. The molecule has 0 bridgehead atoms. The highest BCUT2D eigenvalue weighted by Gasteiger charge is 2.24. The molecule has 0 atom stereocenters. The van der Waals surface area contributed by atoms with E-state index in [0.717, 1.165) is 11.1 Å². The maximum absolute atomic E-state index is 12.8. The summed E-state index contributed by atoms with van der Waals surface area (Å²) in [4.78, 5) is 12.8. The highest BCUT2D eigenvalue weighted by molar-refractivity contribution is 7.89. The molecule has 0 aliphatic carbocycles. The lowest BCUT2D eigenvalue weighted by atomic mass is 10.1. The molecule has 0 aliphatic rings. The molecule has 0 aromatic heterocycles. The second-order valence-electron chi connectivity index (χ2n) is 6.08. The van der Waals surface area contributed by atoms with E-state index in [4.69, 9.17) is 23.2 Å². The van der Waals surface area contributed by atoms with Gasteiger partial charge in [0.05, 0.1) is 15.5 Å². The number of nitrogens with zero attached hydrogens (tertiary/aromatic N) is 1. The van der Waals surface area contributed by atoms with Crippen LogP contribution in [-0.4, -0.2) is 31.7 Å². The Morgan fingerprint density at radius 3 is 2.26 bits per heavy atom. The first-order valence-corrected chi connectivity index (χ1v) is 10.7. The number of aryl methyl sites for hydroxylation is 1. The lowest BCUT2D eigenvalue weighted by molar-refractivity contribution is 0.102. The van der Waals surface area contributed by atoms with E-state index >= 15 is 0 Å². The minimum Gasteiger partial charge on any atom is -0.322 e. The Balaban J connectivity index is 2.46. The van der Waals surface area contributed by atoms with Crippen molar-refractivity contribution in [3.8, 4) is 0 Å². The molecule has 5 nitrogen and oxygen atoms in total. The molecule has 27 heavy (non-hydrogen) atoms. The monoisotopic (exact) mass is 428 g/mol. The lowest BCUT2D eigenvalue weighted by Crippen LogP contribution is -2.30. The van der Waals surface area contributed by atoms with Gasteiger partial charge in [-0.3, -0.25) is 4.79 Å². The minimum atomic E-state index is -3.64. The molecule has 0 saturated carbocycles. The third-order valence-electron chi connectivity index (χ3n) is 4.41. The largest absolute Gasteiger partial charge is 0.322 e. The van der Waals surface area contributed by atoms with E-state index in [1.165, 1.54) is 22.5 Å². The van der Waals surface area contributed by atoms with E-state index in [2.05, 4.69) is 5.32 Å². The van der Waals surface area contributed by atoms with Crippen LogP contribution in [0.2, 0.25) is 10.0 Å². The van der Waals surface area contributed by atoms with Crippen molar-refractivity contribution in [2.75, 3.05) is 18.4 Å². The average Bonchev–Trinajstić information content (AvgIpc) is 2.59. The summed E-state index contributed by atoms with van der Waals surface area (Å²) < 4.78 is 27.0. The summed E-state index contributed by atoms with van der Waals surface area (Å²) in [5.41, 5.74) is 2.24. The Morgan fingerprint density at radius 1 is 1.07 bits per heavy atom. The highest BCUT2D eigenvalue weighted by atomic mass is 35.5. The second-order valence-corrected chi connectivity index (χ2v) is 8.86. The van der Waals surface area contributed by atoms with Gasteiger partial charge in [0.15, 0.2) is 0 Å². The van der Waals surface area contributed by atoms with Crippen molar-refractivity contribution in [3.05, 3.63) is 57.1 Å². The molecule has 146 valence electrons. The van der Waals surface area contributed by atoms with E-state index in [9.17, 15) is 13.2 Å². The Hall–Kier alpha value is -1.60. The molecule has 0 heterocycles. The number of amides is 1. The summed E-state index contributed by atoms with van der Waals surface area (Å²) in [7, 11) is -3.64. The maximum Gasteiger partial charge on any atom is 0.257 e. The summed E-state index contributed by atoms with van der Waals surface area (Å²) in [6, 6.07) is 7.68. The first-order chi connectivity index (χ1) is 12.6. The zero-order valence-electron chi connectivity index (χ0n) is 15.6. The topological polar surface area (TPSA) is 66.5 Å². The van der Waals surface area contributed by atoms with Crippen LogP contribution < -0.4 is 5.32 Å². The van der Waals surface area contributed by atoms with Gasteiger partial charge in [0, 0.05) is 23.8 Å². The molecule has 2 aromatic carbocycles. The number of rotatable bonds is 6. The van der Waals surface area contributed by atoms with Gasteiger partial charge in [-0.2, -0.15) is 4.31 Å². The molecule has 2 rings (SSSR count). The Labute approximate surface area is 170 Å². The van der Waals surface area contributed by atoms with Crippen LogP contribution in [0.25, 0.3) is 0 Å². The predicted molar refractivity (Wildman–Crippen MR) is 110 cm³/mol. The summed E-state index contributed by atoms with van der Waals surface area (Å²) in [5, 5.41) is 3.42. The van der Waals surface area contributed by atoms with Crippen molar-refractivity contribution < 1.29 is 13.2 Å². The number of anilines is 1. The minimum absolute atomic E-state index is 0.145. The van der Waals surface area contributed by atoms with Crippen molar-refractivity contribution >= 4 is 44.8 Å². The lowest BCUT2D eigenvalue weighted by Gasteiger charge is -2.20. The Bertz CT molecular complexity index is 971. The number of hydrogen-bond donors (Lipinski definition) is 1. The number of nitrogens with one attached hydrogen (secondary N) is 1. The Morgan fingerprint density at radius 2 is 1.70 bits per heavy atom. The predicted octanol–water partition coefficient (Wildman–Crippen LogP) is 4.89. The van der Waals surface area contributed by atoms with E-state index in [-0.39, 0.29) is 15.5 Å². The maximum atomic E-state index is 12.8. The Kier molecular flexibility index (Phi) is 6.92. The van der Waals surface area contributed by atoms with Gasteiger partial charge < -0.3 is 5.32 Å². The third-order valence-corrected chi connectivity index (χ3v) is 6.98. The van der Waals surface area contributed by atoms with Gasteiger partial charge in [0.1, 0.15) is 0 Å². The number of halogens is 2. The fourth-order valence-electron chi connectivity index (χ4n) is 2.68. The molecule has 8 heteroatoms. The van der Waals surface area contributed by atoms with E-state index in [1.54, 1.807) is 26.0 Å². The van der Waals surface area contributed by atoms with Crippen LogP contribution in [0.15, 0.2) is 35.2 Å². The first kappa shape index (κ1) is 21.7. The van der Waals surface area contributed by atoms with Crippen LogP contribution in [0.4, 0.5) is 5.69 Å². The van der Waals surface area contributed by atoms with Gasteiger partial charge in [-0.1, -0.05) is 37.0 Å². The fraction of sp³-hybridized carbons (Fsp3) is 0.316. The number of carbonyl (C=O) groups is 1. The zero-order chi connectivity index (χ0) is 20.4. The molecule has 0 spiro atoms. The summed E-state index contributed by atoms with van der Waals surface area (Å²) in [6.07, 6.45) is 0. The molecule has 0 unspecified atom stereocenters. The van der Waals surface area contributed by atoms with Crippen LogP contribution >= 0.6 is 23.2 Å². The van der Waals surface area contributed by atoms with Crippen LogP contribution in [-0.2, 0) is 10.0 Å². The molecule has 0 radical (unpaired) electrons. The van der Waals surface area contributed by atoms with Crippen LogP contribution in [0.5, 0.6) is 0 Å². The molecule has 1 N–H and O–H groups in total. The standard InChI is InChI=1S/C19H22Cl2N2O3S/c1-5-23(6-2)27(25,26)15-9-12(3)13(4)18(11-15)22-19(24)16-8-7-14(20)10-17(16)21/h7-11H,5-6H2,1-4H3,(H,22,24). The van der Waals surface area contributed by atoms with Crippen LogP contribution in [0.3, 0.4) is 0 Å². The number of benzene rings is 2. The average molecular weight is 429 g/mol. The van der Waals surface area contributed by atoms with Crippen molar-refractivity contribution in [3.63, 3.8) is 0 Å². The van der Waals surface area contributed by atoms with Crippen LogP contribution in [0, 0.1) is 13.8 Å². The third kappa shape index (κ3) is 4.63. The van der Waals surface area contributed by atoms with E-state index in [1.807, 2.05) is 13.8 Å². The first-order valence-electron chi connectivity index (χ1n) is 8.49. The van der Waals surface area contributed by atoms with E-state index in [0.29, 0.717) is 23.8 Å².